The minimum Gasteiger partial charge on any atom is -0.348 e. The molecule has 1 aromatic rings. The van der Waals surface area contributed by atoms with E-state index in [-0.39, 0.29) is 5.91 Å². The molecule has 2 N–H and O–H groups in total. The van der Waals surface area contributed by atoms with Crippen LogP contribution in [-0.4, -0.2) is 48.7 Å². The largest absolute Gasteiger partial charge is 0.348 e. The Labute approximate surface area is 129 Å². The third kappa shape index (κ3) is 3.92. The van der Waals surface area contributed by atoms with Gasteiger partial charge in [-0.15, -0.1) is 0 Å². The zero-order valence-electron chi connectivity index (χ0n) is 12.7. The average Bonchev–Trinajstić information content (AvgIpc) is 2.89. The first-order chi connectivity index (χ1) is 10.6. The van der Waals surface area contributed by atoms with E-state index in [2.05, 4.69) is 10.6 Å². The molecule has 0 unspecified atom stereocenters. The predicted octanol–water partition coefficient (Wildman–Crippen LogP) is 0.0823. The van der Waals surface area contributed by atoms with E-state index < -0.39 is 17.7 Å². The molecule has 1 saturated heterocycles. The second kappa shape index (κ2) is 7.70. The summed E-state index contributed by atoms with van der Waals surface area (Å²) in [5.41, 5.74) is 0.950. The van der Waals surface area contributed by atoms with Crippen LogP contribution in [0.25, 0.3) is 0 Å². The molecule has 0 bridgehead atoms. The van der Waals surface area contributed by atoms with Crippen LogP contribution in [-0.2, 0) is 20.9 Å². The molecule has 1 aromatic carbocycles. The number of hydrogen-bond donors (Lipinski definition) is 2. The highest BCUT2D eigenvalue weighted by Crippen LogP contribution is 2.22. The molecule has 1 aliphatic heterocycles. The van der Waals surface area contributed by atoms with Gasteiger partial charge in [0.2, 0.25) is 11.7 Å². The van der Waals surface area contributed by atoms with Crippen molar-refractivity contribution < 1.29 is 14.4 Å². The maximum Gasteiger partial charge on any atom is 0.289 e. The van der Waals surface area contributed by atoms with Crippen molar-refractivity contribution in [2.24, 2.45) is 0 Å². The highest BCUT2D eigenvalue weighted by Gasteiger charge is 2.38. The van der Waals surface area contributed by atoms with Gasteiger partial charge < -0.3 is 15.5 Å². The van der Waals surface area contributed by atoms with E-state index in [4.69, 9.17) is 0 Å². The molecule has 2 rings (SSSR count). The number of nitrogens with one attached hydrogen (secondary N) is 2. The summed E-state index contributed by atoms with van der Waals surface area (Å²) in [7, 11) is 1.77. The minimum atomic E-state index is -0.651. The van der Waals surface area contributed by atoms with Gasteiger partial charge in [0.25, 0.3) is 5.91 Å². The Morgan fingerprint density at radius 2 is 1.95 bits per heavy atom. The summed E-state index contributed by atoms with van der Waals surface area (Å²) in [4.78, 5) is 37.7. The fraction of sp³-hybridized carbons (Fsp3) is 0.438. The van der Waals surface area contributed by atoms with Crippen molar-refractivity contribution in [1.29, 1.82) is 0 Å². The molecule has 0 aromatic heterocycles. The number of ketones is 1. The van der Waals surface area contributed by atoms with Crippen molar-refractivity contribution in [2.75, 3.05) is 20.1 Å². The van der Waals surface area contributed by atoms with Gasteiger partial charge in [-0.3, -0.25) is 14.4 Å². The number of likely N-dealkylation sites (tertiary alicyclic amines) is 1. The lowest BCUT2D eigenvalue weighted by atomic mass is 10.1. The molecule has 1 atom stereocenters. The molecule has 22 heavy (non-hydrogen) atoms. The van der Waals surface area contributed by atoms with E-state index in [1.807, 2.05) is 30.3 Å². The molecule has 0 saturated carbocycles. The van der Waals surface area contributed by atoms with Gasteiger partial charge >= 0.3 is 0 Å². The number of carbonyl (C=O) groups excluding carboxylic acids is 3. The van der Waals surface area contributed by atoms with Crippen LogP contribution in [0.1, 0.15) is 18.4 Å². The molecule has 2 amide bonds. The summed E-state index contributed by atoms with van der Waals surface area (Å²) in [5.74, 6) is -1.23. The molecule has 6 nitrogen and oxygen atoms in total. The lowest BCUT2D eigenvalue weighted by Gasteiger charge is -2.23. The fourth-order valence-electron chi connectivity index (χ4n) is 2.52. The summed E-state index contributed by atoms with van der Waals surface area (Å²) < 4.78 is 0. The maximum atomic E-state index is 12.3. The van der Waals surface area contributed by atoms with Crippen molar-refractivity contribution in [3.05, 3.63) is 35.9 Å². The van der Waals surface area contributed by atoms with Crippen LogP contribution in [0.3, 0.4) is 0 Å². The molecule has 118 valence electrons. The van der Waals surface area contributed by atoms with E-state index >= 15 is 0 Å². The maximum absolute atomic E-state index is 12.3. The van der Waals surface area contributed by atoms with E-state index in [0.29, 0.717) is 32.5 Å². The number of likely N-dealkylation sites (N-methyl/N-ethyl adjacent to an activating group) is 1. The van der Waals surface area contributed by atoms with Crippen LogP contribution in [0, 0.1) is 0 Å². The summed E-state index contributed by atoms with van der Waals surface area (Å²) >= 11 is 0. The van der Waals surface area contributed by atoms with Gasteiger partial charge in [0, 0.05) is 26.1 Å². The normalized spacial score (nSPS) is 17.6. The van der Waals surface area contributed by atoms with Crippen LogP contribution in [0.15, 0.2) is 30.3 Å². The van der Waals surface area contributed by atoms with Crippen molar-refractivity contribution in [3.63, 3.8) is 0 Å². The monoisotopic (exact) mass is 303 g/mol. The highest BCUT2D eigenvalue weighted by atomic mass is 16.2. The number of rotatable bonds is 7. The lowest BCUT2D eigenvalue weighted by Crippen LogP contribution is -2.46. The molecule has 1 aliphatic rings. The quantitative estimate of drug-likeness (QED) is 0.552. The van der Waals surface area contributed by atoms with E-state index in [0.717, 1.165) is 5.56 Å². The van der Waals surface area contributed by atoms with Crippen LogP contribution in [0.5, 0.6) is 0 Å². The second-order valence-corrected chi connectivity index (χ2v) is 5.29. The summed E-state index contributed by atoms with van der Waals surface area (Å²) in [6, 6.07) is 8.82. The first-order valence-electron chi connectivity index (χ1n) is 7.43. The van der Waals surface area contributed by atoms with Crippen LogP contribution < -0.4 is 10.6 Å². The van der Waals surface area contributed by atoms with Crippen molar-refractivity contribution in [2.45, 2.75) is 25.4 Å². The van der Waals surface area contributed by atoms with Gasteiger partial charge in [0.05, 0.1) is 0 Å². The third-order valence-electron chi connectivity index (χ3n) is 3.71. The number of carbonyl (C=O) groups is 3. The standard InChI is InChI=1S/C16H21N3O3/c1-17-9-10-18-16(22)15(21)13-7-8-14(20)19(13)11-12-5-3-2-4-6-12/h2-6,13,17H,7-11H2,1H3,(H,18,22)/t13-/m1/s1. The molecule has 1 heterocycles. The van der Waals surface area contributed by atoms with Crippen molar-refractivity contribution in [1.82, 2.24) is 15.5 Å². The average molecular weight is 303 g/mol. The molecule has 1 fully saturated rings. The Bertz CT molecular complexity index is 545. The fourth-order valence-corrected chi connectivity index (χ4v) is 2.52. The first-order valence-corrected chi connectivity index (χ1v) is 7.43. The molecule has 6 heteroatoms. The predicted molar refractivity (Wildman–Crippen MR) is 82.0 cm³/mol. The summed E-state index contributed by atoms with van der Waals surface area (Å²) in [6.45, 7) is 1.34. The molecule has 0 aliphatic carbocycles. The Hall–Kier alpha value is -2.21. The molecular formula is C16H21N3O3. The van der Waals surface area contributed by atoms with Gasteiger partial charge in [0.15, 0.2) is 0 Å². The number of amides is 2. The van der Waals surface area contributed by atoms with Crippen molar-refractivity contribution >= 4 is 17.6 Å². The number of Topliss-reactive ketones (excluding diaryl/α,β-unsaturated/α-hetero) is 1. The molecule has 0 radical (unpaired) electrons. The Balaban J connectivity index is 2.00. The number of benzene rings is 1. The number of nitrogens with zero attached hydrogens (tertiary/aromatic N) is 1. The van der Waals surface area contributed by atoms with Crippen LogP contribution in [0.2, 0.25) is 0 Å². The Kier molecular flexibility index (Phi) is 5.66. The molecular weight excluding hydrogens is 282 g/mol. The Morgan fingerprint density at radius 1 is 1.23 bits per heavy atom. The van der Waals surface area contributed by atoms with E-state index in [1.54, 1.807) is 7.05 Å². The third-order valence-corrected chi connectivity index (χ3v) is 3.71. The zero-order chi connectivity index (χ0) is 15.9. The van der Waals surface area contributed by atoms with Gasteiger partial charge in [-0.05, 0) is 19.0 Å². The van der Waals surface area contributed by atoms with Gasteiger partial charge in [-0.25, -0.2) is 0 Å². The summed E-state index contributed by atoms with van der Waals surface area (Å²) in [5, 5.41) is 5.46. The van der Waals surface area contributed by atoms with Gasteiger partial charge in [-0.2, -0.15) is 0 Å². The van der Waals surface area contributed by atoms with E-state index in [9.17, 15) is 14.4 Å². The lowest BCUT2D eigenvalue weighted by molar-refractivity contribution is -0.143. The zero-order valence-corrected chi connectivity index (χ0v) is 12.7. The van der Waals surface area contributed by atoms with Crippen LogP contribution >= 0.6 is 0 Å². The highest BCUT2D eigenvalue weighted by molar-refractivity contribution is 6.38. The van der Waals surface area contributed by atoms with Gasteiger partial charge in [-0.1, -0.05) is 30.3 Å². The smallest absolute Gasteiger partial charge is 0.289 e. The van der Waals surface area contributed by atoms with E-state index in [1.165, 1.54) is 4.90 Å². The first kappa shape index (κ1) is 16.2. The number of hydrogen-bond acceptors (Lipinski definition) is 4. The SMILES string of the molecule is CNCCNC(=O)C(=O)[C@H]1CCC(=O)N1Cc1ccccc1. The summed E-state index contributed by atoms with van der Waals surface area (Å²) in [6.07, 6.45) is 0.719. The second-order valence-electron chi connectivity index (χ2n) is 5.29. The van der Waals surface area contributed by atoms with Gasteiger partial charge in [0.1, 0.15) is 6.04 Å². The molecule has 0 spiro atoms. The Morgan fingerprint density at radius 3 is 2.64 bits per heavy atom. The topological polar surface area (TPSA) is 78.5 Å². The minimum absolute atomic E-state index is 0.0785. The van der Waals surface area contributed by atoms with Crippen LogP contribution in [0.4, 0.5) is 0 Å². The van der Waals surface area contributed by atoms with Crippen molar-refractivity contribution in [3.8, 4) is 0 Å².